The summed E-state index contributed by atoms with van der Waals surface area (Å²) < 4.78 is 5.29. The van der Waals surface area contributed by atoms with Crippen LogP contribution in [-0.4, -0.2) is 18.6 Å². The zero-order valence-electron chi connectivity index (χ0n) is 12.1. The predicted molar refractivity (Wildman–Crippen MR) is 87.4 cm³/mol. The molecule has 5 heteroatoms. The monoisotopic (exact) mass is 324 g/mol. The molecule has 21 heavy (non-hydrogen) atoms. The van der Waals surface area contributed by atoms with Gasteiger partial charge in [0.25, 0.3) is 0 Å². The highest BCUT2D eigenvalue weighted by Crippen LogP contribution is 2.30. The van der Waals surface area contributed by atoms with E-state index in [1.807, 2.05) is 24.3 Å². The minimum Gasteiger partial charge on any atom is -0.497 e. The van der Waals surface area contributed by atoms with Gasteiger partial charge in [0.2, 0.25) is 0 Å². The number of rotatable bonds is 6. The molecule has 0 amide bonds. The van der Waals surface area contributed by atoms with Gasteiger partial charge in [0.05, 0.1) is 28.9 Å². The zero-order valence-corrected chi connectivity index (χ0v) is 13.6. The Morgan fingerprint density at radius 2 is 2.10 bits per heavy atom. The van der Waals surface area contributed by atoms with Crippen molar-refractivity contribution in [2.45, 2.75) is 19.4 Å². The van der Waals surface area contributed by atoms with Crippen LogP contribution in [0.25, 0.3) is 0 Å². The molecular formula is C16H18Cl2N2O. The molecule has 0 spiro atoms. The van der Waals surface area contributed by atoms with Gasteiger partial charge in [-0.05, 0) is 36.7 Å². The predicted octanol–water partition coefficient (Wildman–Crippen LogP) is 4.49. The maximum atomic E-state index is 6.31. The summed E-state index contributed by atoms with van der Waals surface area (Å²) in [5, 5.41) is 4.55. The molecule has 0 saturated heterocycles. The molecule has 0 aliphatic heterocycles. The normalized spacial score (nSPS) is 12.2. The molecule has 1 N–H and O–H groups in total. The molecule has 112 valence electrons. The van der Waals surface area contributed by atoms with E-state index in [9.17, 15) is 0 Å². The number of hydrogen-bond donors (Lipinski definition) is 1. The van der Waals surface area contributed by atoms with E-state index >= 15 is 0 Å². The Bertz CT molecular complexity index is 605. The van der Waals surface area contributed by atoms with Gasteiger partial charge in [-0.25, -0.2) is 0 Å². The standard InChI is InChI=1S/C16H18Cl2N2O/c1-3-7-19-15(11-5-4-6-13(8-11)21-2)16-14(18)9-12(17)10-20-16/h4-6,8-10,15,19H,3,7H2,1-2H3. The fraction of sp³-hybridized carbons (Fsp3) is 0.312. The van der Waals surface area contributed by atoms with Crippen molar-refractivity contribution in [2.75, 3.05) is 13.7 Å². The average molecular weight is 325 g/mol. The summed E-state index contributed by atoms with van der Waals surface area (Å²) >= 11 is 12.2. The molecule has 0 aliphatic carbocycles. The van der Waals surface area contributed by atoms with Crippen molar-refractivity contribution in [3.05, 3.63) is 57.8 Å². The lowest BCUT2D eigenvalue weighted by atomic mass is 10.0. The van der Waals surface area contributed by atoms with Crippen molar-refractivity contribution in [3.63, 3.8) is 0 Å². The molecule has 1 unspecified atom stereocenters. The van der Waals surface area contributed by atoms with Gasteiger partial charge in [-0.1, -0.05) is 42.3 Å². The molecule has 0 bridgehead atoms. The van der Waals surface area contributed by atoms with Gasteiger partial charge in [-0.3, -0.25) is 4.98 Å². The summed E-state index contributed by atoms with van der Waals surface area (Å²) in [4.78, 5) is 4.40. The van der Waals surface area contributed by atoms with Crippen LogP contribution in [0.15, 0.2) is 36.5 Å². The van der Waals surface area contributed by atoms with Crippen LogP contribution in [0.1, 0.15) is 30.6 Å². The first-order chi connectivity index (χ1) is 10.2. The van der Waals surface area contributed by atoms with E-state index in [-0.39, 0.29) is 6.04 Å². The SMILES string of the molecule is CCCNC(c1cccc(OC)c1)c1ncc(Cl)cc1Cl. The minimum absolute atomic E-state index is 0.0928. The van der Waals surface area contributed by atoms with Gasteiger partial charge in [0, 0.05) is 6.20 Å². The quantitative estimate of drug-likeness (QED) is 0.850. The van der Waals surface area contributed by atoms with Crippen LogP contribution >= 0.6 is 23.2 Å². The smallest absolute Gasteiger partial charge is 0.119 e. The van der Waals surface area contributed by atoms with E-state index in [4.69, 9.17) is 27.9 Å². The fourth-order valence-corrected chi connectivity index (χ4v) is 2.61. The lowest BCUT2D eigenvalue weighted by Gasteiger charge is -2.20. The molecule has 2 rings (SSSR count). The first kappa shape index (κ1) is 16.1. The summed E-state index contributed by atoms with van der Waals surface area (Å²) in [6, 6.07) is 9.51. The molecular weight excluding hydrogens is 307 g/mol. The summed E-state index contributed by atoms with van der Waals surface area (Å²) in [6.45, 7) is 2.98. The number of nitrogens with one attached hydrogen (secondary N) is 1. The molecule has 0 fully saturated rings. The van der Waals surface area contributed by atoms with Crippen molar-refractivity contribution in [3.8, 4) is 5.75 Å². The largest absolute Gasteiger partial charge is 0.497 e. The Morgan fingerprint density at radius 1 is 1.29 bits per heavy atom. The number of methoxy groups -OCH3 is 1. The summed E-state index contributed by atoms with van der Waals surface area (Å²) in [5.41, 5.74) is 1.82. The van der Waals surface area contributed by atoms with Crippen LogP contribution in [0, 0.1) is 0 Å². The van der Waals surface area contributed by atoms with Crippen LogP contribution in [0.2, 0.25) is 10.0 Å². The van der Waals surface area contributed by atoms with Gasteiger partial charge in [0.15, 0.2) is 0 Å². The third-order valence-electron chi connectivity index (χ3n) is 3.14. The average Bonchev–Trinajstić information content (AvgIpc) is 2.49. The van der Waals surface area contributed by atoms with Gasteiger partial charge >= 0.3 is 0 Å². The van der Waals surface area contributed by atoms with E-state index in [0.717, 1.165) is 30.0 Å². The molecule has 1 heterocycles. The zero-order chi connectivity index (χ0) is 15.2. The van der Waals surface area contributed by atoms with E-state index in [2.05, 4.69) is 17.2 Å². The van der Waals surface area contributed by atoms with Gasteiger partial charge < -0.3 is 10.1 Å². The van der Waals surface area contributed by atoms with Crippen molar-refractivity contribution in [1.29, 1.82) is 0 Å². The first-order valence-electron chi connectivity index (χ1n) is 6.84. The molecule has 2 aromatic rings. The van der Waals surface area contributed by atoms with E-state index in [1.54, 1.807) is 19.4 Å². The molecule has 1 aromatic heterocycles. The molecule has 0 saturated carbocycles. The van der Waals surface area contributed by atoms with Crippen molar-refractivity contribution < 1.29 is 4.74 Å². The highest BCUT2D eigenvalue weighted by molar-refractivity contribution is 6.34. The summed E-state index contributed by atoms with van der Waals surface area (Å²) in [7, 11) is 1.65. The molecule has 0 radical (unpaired) electrons. The Labute approximate surface area is 135 Å². The highest BCUT2D eigenvalue weighted by Gasteiger charge is 2.18. The lowest BCUT2D eigenvalue weighted by molar-refractivity contribution is 0.413. The van der Waals surface area contributed by atoms with Gasteiger partial charge in [0.1, 0.15) is 5.75 Å². The molecule has 1 atom stereocenters. The maximum absolute atomic E-state index is 6.31. The second kappa shape index (κ2) is 7.64. The van der Waals surface area contributed by atoms with Crippen LogP contribution in [-0.2, 0) is 0 Å². The third-order valence-corrected chi connectivity index (χ3v) is 3.64. The number of aromatic nitrogens is 1. The van der Waals surface area contributed by atoms with Gasteiger partial charge in [-0.15, -0.1) is 0 Å². The van der Waals surface area contributed by atoms with Crippen LogP contribution in [0.3, 0.4) is 0 Å². The number of ether oxygens (including phenoxy) is 1. The minimum atomic E-state index is -0.0928. The molecule has 0 aliphatic rings. The van der Waals surface area contributed by atoms with E-state index in [1.165, 1.54) is 0 Å². The number of hydrogen-bond acceptors (Lipinski definition) is 3. The maximum Gasteiger partial charge on any atom is 0.119 e. The van der Waals surface area contributed by atoms with Crippen LogP contribution in [0.4, 0.5) is 0 Å². The molecule has 1 aromatic carbocycles. The summed E-state index contributed by atoms with van der Waals surface area (Å²) in [5.74, 6) is 0.806. The summed E-state index contributed by atoms with van der Waals surface area (Å²) in [6.07, 6.45) is 2.63. The van der Waals surface area contributed by atoms with Crippen molar-refractivity contribution >= 4 is 23.2 Å². The lowest BCUT2D eigenvalue weighted by Crippen LogP contribution is -2.24. The highest BCUT2D eigenvalue weighted by atomic mass is 35.5. The molecule has 3 nitrogen and oxygen atoms in total. The van der Waals surface area contributed by atoms with E-state index < -0.39 is 0 Å². The second-order valence-corrected chi connectivity index (χ2v) is 5.53. The number of pyridine rings is 1. The second-order valence-electron chi connectivity index (χ2n) is 4.68. The fourth-order valence-electron chi connectivity index (χ4n) is 2.12. The Balaban J connectivity index is 2.41. The number of benzene rings is 1. The van der Waals surface area contributed by atoms with Crippen LogP contribution in [0.5, 0.6) is 5.75 Å². The Morgan fingerprint density at radius 3 is 2.76 bits per heavy atom. The Kier molecular flexibility index (Phi) is 5.85. The van der Waals surface area contributed by atoms with Crippen molar-refractivity contribution in [1.82, 2.24) is 10.3 Å². The number of nitrogens with zero attached hydrogens (tertiary/aromatic N) is 1. The first-order valence-corrected chi connectivity index (χ1v) is 7.59. The number of halogens is 2. The Hall–Kier alpha value is -1.29. The third kappa shape index (κ3) is 4.10. The van der Waals surface area contributed by atoms with E-state index in [0.29, 0.717) is 10.0 Å². The van der Waals surface area contributed by atoms with Crippen LogP contribution < -0.4 is 10.1 Å². The topological polar surface area (TPSA) is 34.1 Å². The van der Waals surface area contributed by atoms with Gasteiger partial charge in [-0.2, -0.15) is 0 Å². The van der Waals surface area contributed by atoms with Crippen molar-refractivity contribution in [2.24, 2.45) is 0 Å².